The minimum absolute atomic E-state index is 0.126. The highest BCUT2D eigenvalue weighted by molar-refractivity contribution is 5.77. The summed E-state index contributed by atoms with van der Waals surface area (Å²) < 4.78 is 0. The molecule has 1 N–H and O–H groups in total. The van der Waals surface area contributed by atoms with Crippen molar-refractivity contribution in [2.24, 2.45) is 0 Å². The van der Waals surface area contributed by atoms with E-state index in [4.69, 9.17) is 0 Å². The van der Waals surface area contributed by atoms with Crippen LogP contribution in [0.2, 0.25) is 0 Å². The van der Waals surface area contributed by atoms with Gasteiger partial charge in [0, 0.05) is 24.5 Å². The smallest absolute Gasteiger partial charge is 0.222 e. The number of hydrogen-bond acceptors (Lipinski definition) is 2. The second-order valence-electron chi connectivity index (χ2n) is 6.45. The van der Waals surface area contributed by atoms with Crippen LogP contribution in [0.1, 0.15) is 44.4 Å². The standard InChI is InChI=1S/C16H24N2O/c1-16(2,3)17-15(19)11-14-13-8-6-5-7-12(13)9-10-18(14)4/h5-8,14H,9-11H2,1-4H3,(H,17,19). The minimum atomic E-state index is -0.163. The molecule has 1 amide bonds. The highest BCUT2D eigenvalue weighted by Gasteiger charge is 2.27. The van der Waals surface area contributed by atoms with Crippen molar-refractivity contribution in [3.05, 3.63) is 35.4 Å². The lowest BCUT2D eigenvalue weighted by atomic mass is 9.91. The SMILES string of the molecule is CN1CCc2ccccc2C1CC(=O)NC(C)(C)C. The fourth-order valence-electron chi connectivity index (χ4n) is 2.69. The van der Waals surface area contributed by atoms with Gasteiger partial charge >= 0.3 is 0 Å². The Labute approximate surface area is 116 Å². The van der Waals surface area contributed by atoms with E-state index in [0.29, 0.717) is 6.42 Å². The first-order valence-corrected chi connectivity index (χ1v) is 6.96. The number of carbonyl (C=O) groups excluding carboxylic acids is 1. The van der Waals surface area contributed by atoms with Gasteiger partial charge in [-0.15, -0.1) is 0 Å². The molecule has 1 atom stereocenters. The van der Waals surface area contributed by atoms with Gasteiger partial charge in [-0.25, -0.2) is 0 Å². The van der Waals surface area contributed by atoms with Crippen LogP contribution in [0.3, 0.4) is 0 Å². The molecule has 0 fully saturated rings. The largest absolute Gasteiger partial charge is 0.351 e. The molecule has 3 nitrogen and oxygen atoms in total. The number of nitrogens with zero attached hydrogens (tertiary/aromatic N) is 1. The second kappa shape index (κ2) is 5.33. The molecule has 0 bridgehead atoms. The molecule has 0 aliphatic carbocycles. The first-order valence-electron chi connectivity index (χ1n) is 6.96. The van der Waals surface area contributed by atoms with E-state index in [1.54, 1.807) is 0 Å². The van der Waals surface area contributed by atoms with Crippen molar-refractivity contribution >= 4 is 5.91 Å². The van der Waals surface area contributed by atoms with Crippen molar-refractivity contribution in [3.8, 4) is 0 Å². The Kier molecular flexibility index (Phi) is 3.95. The summed E-state index contributed by atoms with van der Waals surface area (Å²) in [6.07, 6.45) is 1.61. The second-order valence-corrected chi connectivity index (χ2v) is 6.45. The maximum Gasteiger partial charge on any atom is 0.222 e. The van der Waals surface area contributed by atoms with Crippen LogP contribution < -0.4 is 5.32 Å². The minimum Gasteiger partial charge on any atom is -0.351 e. The zero-order valence-electron chi connectivity index (χ0n) is 12.4. The Balaban J connectivity index is 2.13. The predicted molar refractivity (Wildman–Crippen MR) is 78.0 cm³/mol. The van der Waals surface area contributed by atoms with Gasteiger partial charge in [0.05, 0.1) is 0 Å². The number of benzene rings is 1. The Hall–Kier alpha value is -1.35. The van der Waals surface area contributed by atoms with Gasteiger partial charge in [-0.3, -0.25) is 9.69 Å². The monoisotopic (exact) mass is 260 g/mol. The van der Waals surface area contributed by atoms with E-state index in [-0.39, 0.29) is 17.5 Å². The van der Waals surface area contributed by atoms with E-state index in [0.717, 1.165) is 13.0 Å². The number of nitrogens with one attached hydrogen (secondary N) is 1. The average molecular weight is 260 g/mol. The summed E-state index contributed by atoms with van der Waals surface area (Å²) in [6, 6.07) is 8.67. The lowest BCUT2D eigenvalue weighted by molar-refractivity contribution is -0.123. The Bertz CT molecular complexity index is 462. The fourth-order valence-corrected chi connectivity index (χ4v) is 2.69. The molecule has 1 aliphatic heterocycles. The number of likely N-dealkylation sites (N-methyl/N-ethyl adjacent to an activating group) is 1. The van der Waals surface area contributed by atoms with E-state index in [1.165, 1.54) is 11.1 Å². The lowest BCUT2D eigenvalue weighted by Crippen LogP contribution is -2.43. The number of fused-ring (bicyclic) bond motifs is 1. The third-order valence-corrected chi connectivity index (χ3v) is 3.57. The van der Waals surface area contributed by atoms with Gasteiger partial charge < -0.3 is 5.32 Å². The van der Waals surface area contributed by atoms with Crippen molar-refractivity contribution in [1.29, 1.82) is 0 Å². The molecule has 104 valence electrons. The summed E-state index contributed by atoms with van der Waals surface area (Å²) in [5, 5.41) is 3.05. The quantitative estimate of drug-likeness (QED) is 0.886. The summed E-state index contributed by atoms with van der Waals surface area (Å²) in [7, 11) is 2.10. The van der Waals surface area contributed by atoms with Gasteiger partial charge in [-0.2, -0.15) is 0 Å². The molecule has 1 aromatic rings. The van der Waals surface area contributed by atoms with E-state index < -0.39 is 0 Å². The Morgan fingerprint density at radius 2 is 2.05 bits per heavy atom. The predicted octanol–water partition coefficient (Wildman–Crippen LogP) is 2.52. The van der Waals surface area contributed by atoms with Crippen LogP contribution in [0.4, 0.5) is 0 Å². The first-order chi connectivity index (χ1) is 8.87. The van der Waals surface area contributed by atoms with Crippen LogP contribution >= 0.6 is 0 Å². The van der Waals surface area contributed by atoms with Crippen molar-refractivity contribution in [1.82, 2.24) is 10.2 Å². The van der Waals surface area contributed by atoms with Crippen LogP contribution in [0.15, 0.2) is 24.3 Å². The molecule has 0 aromatic heterocycles. The summed E-state index contributed by atoms with van der Waals surface area (Å²) in [5.41, 5.74) is 2.53. The van der Waals surface area contributed by atoms with E-state index >= 15 is 0 Å². The van der Waals surface area contributed by atoms with E-state index in [2.05, 4.69) is 41.5 Å². The van der Waals surface area contributed by atoms with Gasteiger partial charge in [0.2, 0.25) is 5.91 Å². The highest BCUT2D eigenvalue weighted by atomic mass is 16.1. The van der Waals surface area contributed by atoms with Crippen LogP contribution in [0.25, 0.3) is 0 Å². The number of carbonyl (C=O) groups is 1. The van der Waals surface area contributed by atoms with Gasteiger partial charge in [-0.05, 0) is 45.4 Å². The molecule has 0 saturated heterocycles. The van der Waals surface area contributed by atoms with Crippen molar-refractivity contribution < 1.29 is 4.79 Å². The van der Waals surface area contributed by atoms with E-state index in [9.17, 15) is 4.79 Å². The molecule has 19 heavy (non-hydrogen) atoms. The highest BCUT2D eigenvalue weighted by Crippen LogP contribution is 2.30. The molecule has 0 radical (unpaired) electrons. The molecule has 1 unspecified atom stereocenters. The molecular formula is C16H24N2O. The lowest BCUT2D eigenvalue weighted by Gasteiger charge is -2.35. The average Bonchev–Trinajstić information content (AvgIpc) is 2.31. The van der Waals surface area contributed by atoms with Gasteiger partial charge in [0.1, 0.15) is 0 Å². The maximum absolute atomic E-state index is 12.1. The Morgan fingerprint density at radius 1 is 1.37 bits per heavy atom. The topological polar surface area (TPSA) is 32.3 Å². The summed E-state index contributed by atoms with van der Waals surface area (Å²) >= 11 is 0. The van der Waals surface area contributed by atoms with Gasteiger partial charge in [0.25, 0.3) is 0 Å². The summed E-state index contributed by atoms with van der Waals surface area (Å²) in [4.78, 5) is 14.4. The first kappa shape index (κ1) is 14.1. The van der Waals surface area contributed by atoms with E-state index in [1.807, 2.05) is 20.8 Å². The van der Waals surface area contributed by atoms with Crippen LogP contribution in [0, 0.1) is 0 Å². The maximum atomic E-state index is 12.1. The molecule has 0 saturated carbocycles. The zero-order chi connectivity index (χ0) is 14.0. The molecule has 1 aromatic carbocycles. The Morgan fingerprint density at radius 3 is 2.74 bits per heavy atom. The summed E-state index contributed by atoms with van der Waals surface area (Å²) in [5.74, 6) is 0.126. The molecular weight excluding hydrogens is 236 g/mol. The number of hydrogen-bond donors (Lipinski definition) is 1. The third kappa shape index (κ3) is 3.57. The van der Waals surface area contributed by atoms with Crippen molar-refractivity contribution in [2.45, 2.75) is 45.2 Å². The fraction of sp³-hybridized carbons (Fsp3) is 0.562. The number of rotatable bonds is 2. The zero-order valence-corrected chi connectivity index (χ0v) is 12.4. The van der Waals surface area contributed by atoms with Gasteiger partial charge in [0.15, 0.2) is 0 Å². The normalized spacial score (nSPS) is 19.9. The number of amides is 1. The summed E-state index contributed by atoms with van der Waals surface area (Å²) in [6.45, 7) is 7.07. The van der Waals surface area contributed by atoms with Crippen LogP contribution in [0.5, 0.6) is 0 Å². The molecule has 1 aliphatic rings. The molecule has 0 spiro atoms. The molecule has 2 rings (SSSR count). The van der Waals surface area contributed by atoms with Crippen LogP contribution in [-0.4, -0.2) is 29.9 Å². The van der Waals surface area contributed by atoms with Crippen molar-refractivity contribution in [3.63, 3.8) is 0 Å². The van der Waals surface area contributed by atoms with Crippen molar-refractivity contribution in [2.75, 3.05) is 13.6 Å². The van der Waals surface area contributed by atoms with Crippen LogP contribution in [-0.2, 0) is 11.2 Å². The van der Waals surface area contributed by atoms with Gasteiger partial charge in [-0.1, -0.05) is 24.3 Å². The third-order valence-electron chi connectivity index (χ3n) is 3.57. The molecule has 3 heteroatoms. The molecule has 1 heterocycles.